The van der Waals surface area contributed by atoms with Gasteiger partial charge in [0.2, 0.25) is 11.8 Å². The van der Waals surface area contributed by atoms with Crippen LogP contribution in [0.2, 0.25) is 0 Å². The van der Waals surface area contributed by atoms with Crippen molar-refractivity contribution in [3.8, 4) is 0 Å². The number of rotatable bonds is 7. The molecule has 0 fully saturated rings. The minimum atomic E-state index is -0.463. The van der Waals surface area contributed by atoms with Gasteiger partial charge in [0, 0.05) is 23.0 Å². The summed E-state index contributed by atoms with van der Waals surface area (Å²) in [5, 5.41) is 8.73. The van der Waals surface area contributed by atoms with Crippen LogP contribution in [0.15, 0.2) is 36.4 Å². The molecule has 7 nitrogen and oxygen atoms in total. The monoisotopic (exact) mass is 397 g/mol. The highest BCUT2D eigenvalue weighted by molar-refractivity contribution is 5.97. The number of ether oxygens (including phenoxy) is 1. The molecule has 0 spiro atoms. The van der Waals surface area contributed by atoms with E-state index in [1.165, 1.54) is 7.11 Å². The first-order valence-electron chi connectivity index (χ1n) is 9.35. The summed E-state index contributed by atoms with van der Waals surface area (Å²) in [7, 11) is 1.31. The highest BCUT2D eigenvalue weighted by Crippen LogP contribution is 2.21. The summed E-state index contributed by atoms with van der Waals surface area (Å²) in [6.07, 6.45) is 0. The molecule has 0 aliphatic carbocycles. The zero-order chi connectivity index (χ0) is 21.6. The van der Waals surface area contributed by atoms with E-state index >= 15 is 0 Å². The summed E-state index contributed by atoms with van der Waals surface area (Å²) in [4.78, 5) is 36.0. The Bertz CT molecular complexity index is 922. The average Bonchev–Trinajstić information content (AvgIpc) is 2.69. The minimum absolute atomic E-state index is 0.0321. The van der Waals surface area contributed by atoms with Crippen molar-refractivity contribution in [2.45, 2.75) is 27.7 Å². The summed E-state index contributed by atoms with van der Waals surface area (Å²) in [5.41, 5.74) is 4.12. The first-order chi connectivity index (χ1) is 13.7. The van der Waals surface area contributed by atoms with E-state index in [0.717, 1.165) is 16.8 Å². The van der Waals surface area contributed by atoms with Gasteiger partial charge in [-0.25, -0.2) is 4.79 Å². The number of hydrogen-bond donors (Lipinski definition) is 3. The molecule has 0 aromatic heterocycles. The van der Waals surface area contributed by atoms with E-state index in [1.807, 2.05) is 39.8 Å². The van der Waals surface area contributed by atoms with Crippen molar-refractivity contribution >= 4 is 34.8 Å². The van der Waals surface area contributed by atoms with Crippen molar-refractivity contribution in [3.63, 3.8) is 0 Å². The summed E-state index contributed by atoms with van der Waals surface area (Å²) in [6, 6.07) is 10.5. The van der Waals surface area contributed by atoms with Crippen molar-refractivity contribution in [3.05, 3.63) is 53.1 Å². The number of anilines is 3. The molecular formula is C22H27N3O4. The molecule has 0 heterocycles. The Morgan fingerprint density at radius 1 is 0.931 bits per heavy atom. The molecule has 7 heteroatoms. The van der Waals surface area contributed by atoms with Crippen LogP contribution in [-0.4, -0.2) is 31.4 Å². The zero-order valence-electron chi connectivity index (χ0n) is 17.4. The fraction of sp³-hybridized carbons (Fsp3) is 0.318. The van der Waals surface area contributed by atoms with Crippen LogP contribution in [0.1, 0.15) is 35.3 Å². The maximum Gasteiger partial charge on any atom is 0.337 e. The molecule has 2 rings (SSSR count). The fourth-order valence-corrected chi connectivity index (χ4v) is 2.55. The molecule has 154 valence electrons. The van der Waals surface area contributed by atoms with Crippen LogP contribution in [0.4, 0.5) is 17.1 Å². The average molecular weight is 397 g/mol. The predicted octanol–water partition coefficient (Wildman–Crippen LogP) is 3.74. The van der Waals surface area contributed by atoms with Gasteiger partial charge in [0.05, 0.1) is 19.2 Å². The van der Waals surface area contributed by atoms with Crippen molar-refractivity contribution < 1.29 is 19.1 Å². The summed E-state index contributed by atoms with van der Waals surface area (Å²) >= 11 is 0. The Balaban J connectivity index is 2.04. The number of amides is 2. The SMILES string of the molecule is COC(=O)c1ccc(C)c(NC(=O)CNc2cc(NC(=O)C(C)C)ccc2C)c1. The van der Waals surface area contributed by atoms with Gasteiger partial charge < -0.3 is 20.7 Å². The maximum atomic E-state index is 12.4. The number of esters is 1. The third-order valence-corrected chi connectivity index (χ3v) is 4.40. The van der Waals surface area contributed by atoms with E-state index in [1.54, 1.807) is 24.3 Å². The van der Waals surface area contributed by atoms with E-state index in [0.29, 0.717) is 16.9 Å². The third-order valence-electron chi connectivity index (χ3n) is 4.40. The van der Waals surface area contributed by atoms with E-state index in [-0.39, 0.29) is 24.3 Å². The number of hydrogen-bond acceptors (Lipinski definition) is 5. The molecule has 29 heavy (non-hydrogen) atoms. The molecule has 0 saturated heterocycles. The number of methoxy groups -OCH3 is 1. The topological polar surface area (TPSA) is 96.5 Å². The molecule has 0 atom stereocenters. The Morgan fingerprint density at radius 2 is 1.59 bits per heavy atom. The largest absolute Gasteiger partial charge is 0.465 e. The summed E-state index contributed by atoms with van der Waals surface area (Å²) in [5.74, 6) is -0.915. The first kappa shape index (κ1) is 21.9. The van der Waals surface area contributed by atoms with Gasteiger partial charge in [0.25, 0.3) is 0 Å². The molecule has 2 amide bonds. The number of carbonyl (C=O) groups excluding carboxylic acids is 3. The van der Waals surface area contributed by atoms with Gasteiger partial charge in [0.15, 0.2) is 0 Å². The second kappa shape index (κ2) is 9.73. The van der Waals surface area contributed by atoms with Gasteiger partial charge in [-0.2, -0.15) is 0 Å². The Kier molecular flexibility index (Phi) is 7.36. The number of nitrogens with one attached hydrogen (secondary N) is 3. The van der Waals surface area contributed by atoms with Gasteiger partial charge in [-0.3, -0.25) is 9.59 Å². The highest BCUT2D eigenvalue weighted by atomic mass is 16.5. The molecule has 0 unspecified atom stereocenters. The molecule has 2 aromatic rings. The van der Waals surface area contributed by atoms with Gasteiger partial charge in [-0.15, -0.1) is 0 Å². The van der Waals surface area contributed by atoms with Gasteiger partial charge in [0.1, 0.15) is 0 Å². The lowest BCUT2D eigenvalue weighted by molar-refractivity contribution is -0.119. The van der Waals surface area contributed by atoms with Crippen LogP contribution < -0.4 is 16.0 Å². The predicted molar refractivity (Wildman–Crippen MR) is 114 cm³/mol. The number of aryl methyl sites for hydroxylation is 2. The Labute approximate surface area is 170 Å². The second-order valence-electron chi connectivity index (χ2n) is 7.10. The van der Waals surface area contributed by atoms with E-state index in [4.69, 9.17) is 4.74 Å². The highest BCUT2D eigenvalue weighted by Gasteiger charge is 2.12. The molecular weight excluding hydrogens is 370 g/mol. The quantitative estimate of drug-likeness (QED) is 0.619. The molecule has 3 N–H and O–H groups in total. The molecule has 0 saturated carbocycles. The fourth-order valence-electron chi connectivity index (χ4n) is 2.55. The van der Waals surface area contributed by atoms with E-state index in [9.17, 15) is 14.4 Å². The molecule has 0 radical (unpaired) electrons. The lowest BCUT2D eigenvalue weighted by Gasteiger charge is -2.14. The van der Waals surface area contributed by atoms with E-state index in [2.05, 4.69) is 16.0 Å². The second-order valence-corrected chi connectivity index (χ2v) is 7.10. The number of benzene rings is 2. The third kappa shape index (κ3) is 6.07. The van der Waals surface area contributed by atoms with Crippen LogP contribution in [0, 0.1) is 19.8 Å². The normalized spacial score (nSPS) is 10.4. The van der Waals surface area contributed by atoms with Crippen LogP contribution in [0.25, 0.3) is 0 Å². The number of carbonyl (C=O) groups is 3. The van der Waals surface area contributed by atoms with Crippen molar-refractivity contribution in [2.75, 3.05) is 29.6 Å². The van der Waals surface area contributed by atoms with Gasteiger partial charge in [-0.1, -0.05) is 26.0 Å². The van der Waals surface area contributed by atoms with Crippen molar-refractivity contribution in [2.24, 2.45) is 5.92 Å². The van der Waals surface area contributed by atoms with Crippen LogP contribution >= 0.6 is 0 Å². The van der Waals surface area contributed by atoms with Crippen LogP contribution in [-0.2, 0) is 14.3 Å². The van der Waals surface area contributed by atoms with E-state index < -0.39 is 5.97 Å². The Morgan fingerprint density at radius 3 is 2.24 bits per heavy atom. The zero-order valence-corrected chi connectivity index (χ0v) is 17.4. The minimum Gasteiger partial charge on any atom is -0.465 e. The van der Waals surface area contributed by atoms with Crippen LogP contribution in [0.3, 0.4) is 0 Å². The van der Waals surface area contributed by atoms with Gasteiger partial charge in [-0.05, 0) is 49.2 Å². The molecule has 0 bridgehead atoms. The van der Waals surface area contributed by atoms with Crippen molar-refractivity contribution in [1.29, 1.82) is 0 Å². The van der Waals surface area contributed by atoms with Crippen molar-refractivity contribution in [1.82, 2.24) is 0 Å². The summed E-state index contributed by atoms with van der Waals surface area (Å²) in [6.45, 7) is 7.44. The lowest BCUT2D eigenvalue weighted by Crippen LogP contribution is -2.23. The van der Waals surface area contributed by atoms with Gasteiger partial charge >= 0.3 is 5.97 Å². The van der Waals surface area contributed by atoms with Crippen LogP contribution in [0.5, 0.6) is 0 Å². The molecule has 0 aliphatic heterocycles. The smallest absolute Gasteiger partial charge is 0.337 e. The first-order valence-corrected chi connectivity index (χ1v) is 9.35. The Hall–Kier alpha value is -3.35. The molecule has 0 aliphatic rings. The lowest BCUT2D eigenvalue weighted by atomic mass is 10.1. The maximum absolute atomic E-state index is 12.4. The molecule has 2 aromatic carbocycles. The standard InChI is InChI=1S/C22H27N3O4/c1-13(2)21(27)24-17-9-7-14(3)18(11-17)23-12-20(26)25-19-10-16(22(28)29-5)8-6-15(19)4/h6-11,13,23H,12H2,1-5H3,(H,24,27)(H,25,26). The summed E-state index contributed by atoms with van der Waals surface area (Å²) < 4.78 is 4.71.